The molecule has 40 heavy (non-hydrogen) atoms. The summed E-state index contributed by atoms with van der Waals surface area (Å²) >= 11 is 0. The van der Waals surface area contributed by atoms with Gasteiger partial charge in [-0.25, -0.2) is 4.98 Å². The highest BCUT2D eigenvalue weighted by Crippen LogP contribution is 2.30. The van der Waals surface area contributed by atoms with E-state index in [0.717, 1.165) is 49.4 Å². The SMILES string of the molecule is C=CC(=O)N1CCC[C@H](n2cnc3c(NCc4ccccc4)nc(Nc4ccc(N5CCCCC5)cc4)nc32)C1. The first-order valence-electron chi connectivity index (χ1n) is 14.2. The number of nitrogens with zero attached hydrogens (tertiary/aromatic N) is 6. The first kappa shape index (κ1) is 25.9. The number of hydrogen-bond acceptors (Lipinski definition) is 7. The minimum atomic E-state index is -0.0377. The molecule has 9 nitrogen and oxygen atoms in total. The third kappa shape index (κ3) is 5.64. The molecule has 206 valence electrons. The van der Waals surface area contributed by atoms with Crippen LogP contribution in [0.15, 0.2) is 73.6 Å². The van der Waals surface area contributed by atoms with Crippen molar-refractivity contribution in [2.75, 3.05) is 41.7 Å². The number of likely N-dealkylation sites (tertiary alicyclic amines) is 1. The average molecular weight is 537 g/mol. The highest BCUT2D eigenvalue weighted by Gasteiger charge is 2.26. The van der Waals surface area contributed by atoms with Crippen LogP contribution in [0.25, 0.3) is 11.2 Å². The van der Waals surface area contributed by atoms with Gasteiger partial charge in [-0.15, -0.1) is 0 Å². The van der Waals surface area contributed by atoms with Gasteiger partial charge >= 0.3 is 0 Å². The Balaban J connectivity index is 1.30. The van der Waals surface area contributed by atoms with Gasteiger partial charge in [0.1, 0.15) is 0 Å². The summed E-state index contributed by atoms with van der Waals surface area (Å²) in [5, 5.41) is 6.90. The number of amides is 1. The number of fused-ring (bicyclic) bond motifs is 1. The van der Waals surface area contributed by atoms with Gasteiger partial charge in [-0.3, -0.25) is 4.79 Å². The van der Waals surface area contributed by atoms with Crippen LogP contribution in [0.1, 0.15) is 43.7 Å². The van der Waals surface area contributed by atoms with Gasteiger partial charge in [0.05, 0.1) is 12.4 Å². The van der Waals surface area contributed by atoms with Gasteiger partial charge in [0.2, 0.25) is 11.9 Å². The number of carbonyl (C=O) groups excluding carboxylic acids is 1. The Morgan fingerprint density at radius 3 is 2.55 bits per heavy atom. The van der Waals surface area contributed by atoms with Crippen LogP contribution in [-0.4, -0.2) is 56.5 Å². The molecule has 0 aliphatic carbocycles. The predicted octanol–water partition coefficient (Wildman–Crippen LogP) is 5.52. The third-order valence-corrected chi connectivity index (χ3v) is 7.85. The van der Waals surface area contributed by atoms with E-state index in [1.165, 1.54) is 31.0 Å². The molecule has 9 heteroatoms. The van der Waals surface area contributed by atoms with E-state index in [9.17, 15) is 4.79 Å². The summed E-state index contributed by atoms with van der Waals surface area (Å²) in [7, 11) is 0. The first-order valence-corrected chi connectivity index (χ1v) is 14.2. The molecular formula is C31H36N8O. The number of anilines is 4. The van der Waals surface area contributed by atoms with Crippen LogP contribution in [0, 0.1) is 0 Å². The molecule has 2 aromatic carbocycles. The maximum Gasteiger partial charge on any atom is 0.246 e. The summed E-state index contributed by atoms with van der Waals surface area (Å²) in [6, 6.07) is 18.8. The summed E-state index contributed by atoms with van der Waals surface area (Å²) in [5.41, 5.74) is 4.80. The maximum atomic E-state index is 12.3. The van der Waals surface area contributed by atoms with Crippen molar-refractivity contribution in [3.05, 3.63) is 79.1 Å². The molecule has 2 fully saturated rings. The molecule has 1 amide bonds. The topological polar surface area (TPSA) is 91.2 Å². The van der Waals surface area contributed by atoms with E-state index in [2.05, 4.69) is 63.1 Å². The van der Waals surface area contributed by atoms with Gasteiger partial charge < -0.3 is 25.0 Å². The zero-order valence-electron chi connectivity index (χ0n) is 22.8. The van der Waals surface area contributed by atoms with Crippen molar-refractivity contribution in [1.82, 2.24) is 24.4 Å². The lowest BCUT2D eigenvalue weighted by Gasteiger charge is -2.32. The summed E-state index contributed by atoms with van der Waals surface area (Å²) in [5.74, 6) is 1.14. The molecular weight excluding hydrogens is 500 g/mol. The standard InChI is InChI=1S/C31H36N8O/c1-2-27(40)38-19-9-12-26(21-38)39-22-33-28-29(32-20-23-10-5-3-6-11-23)35-31(36-30(28)39)34-24-13-15-25(16-14-24)37-17-7-4-8-18-37/h2-3,5-6,10-11,13-16,22,26H,1,4,7-9,12,17-21H2,(H2,32,34,35,36)/t26-/m0/s1. The van der Waals surface area contributed by atoms with Crippen molar-refractivity contribution in [2.45, 2.75) is 44.7 Å². The number of rotatable bonds is 8. The first-order chi connectivity index (χ1) is 19.7. The minimum Gasteiger partial charge on any atom is -0.372 e. The lowest BCUT2D eigenvalue weighted by molar-refractivity contribution is -0.127. The summed E-state index contributed by atoms with van der Waals surface area (Å²) in [6.07, 6.45) is 8.91. The molecule has 2 saturated heterocycles. The van der Waals surface area contributed by atoms with Crippen molar-refractivity contribution in [3.8, 4) is 0 Å². The van der Waals surface area contributed by atoms with Gasteiger partial charge in [0, 0.05) is 44.1 Å². The quantitative estimate of drug-likeness (QED) is 0.287. The van der Waals surface area contributed by atoms with Crippen LogP contribution in [0.2, 0.25) is 0 Å². The van der Waals surface area contributed by atoms with Crippen LogP contribution in [0.3, 0.4) is 0 Å². The van der Waals surface area contributed by atoms with Crippen LogP contribution < -0.4 is 15.5 Å². The number of carbonyl (C=O) groups is 1. The number of hydrogen-bond donors (Lipinski definition) is 2. The lowest BCUT2D eigenvalue weighted by atomic mass is 10.1. The van der Waals surface area contributed by atoms with Crippen LogP contribution in [0.5, 0.6) is 0 Å². The number of aromatic nitrogens is 4. The van der Waals surface area contributed by atoms with Crippen LogP contribution >= 0.6 is 0 Å². The fourth-order valence-electron chi connectivity index (χ4n) is 5.69. The Morgan fingerprint density at radius 2 is 1.77 bits per heavy atom. The molecule has 4 aromatic rings. The Hall–Kier alpha value is -4.40. The van der Waals surface area contributed by atoms with E-state index in [1.807, 2.05) is 29.4 Å². The second-order valence-electron chi connectivity index (χ2n) is 10.6. The highest BCUT2D eigenvalue weighted by atomic mass is 16.2. The normalized spacial score (nSPS) is 17.6. The zero-order valence-corrected chi connectivity index (χ0v) is 22.8. The van der Waals surface area contributed by atoms with Crippen molar-refractivity contribution in [1.29, 1.82) is 0 Å². The summed E-state index contributed by atoms with van der Waals surface area (Å²) < 4.78 is 2.10. The lowest BCUT2D eigenvalue weighted by Crippen LogP contribution is -2.39. The third-order valence-electron chi connectivity index (χ3n) is 7.85. The van der Waals surface area contributed by atoms with E-state index >= 15 is 0 Å². The number of nitrogens with one attached hydrogen (secondary N) is 2. The van der Waals surface area contributed by atoms with Crippen molar-refractivity contribution < 1.29 is 4.79 Å². The fraction of sp³-hybridized carbons (Fsp3) is 0.355. The van der Waals surface area contributed by atoms with Crippen molar-refractivity contribution in [3.63, 3.8) is 0 Å². The van der Waals surface area contributed by atoms with Gasteiger partial charge in [0.15, 0.2) is 17.0 Å². The number of imidazole rings is 1. The second kappa shape index (κ2) is 11.8. The van der Waals surface area contributed by atoms with Crippen LogP contribution in [-0.2, 0) is 11.3 Å². The monoisotopic (exact) mass is 536 g/mol. The fourth-order valence-corrected chi connectivity index (χ4v) is 5.69. The van der Waals surface area contributed by atoms with E-state index in [1.54, 1.807) is 0 Å². The second-order valence-corrected chi connectivity index (χ2v) is 10.6. The van der Waals surface area contributed by atoms with E-state index in [0.29, 0.717) is 30.4 Å². The Labute approximate surface area is 234 Å². The van der Waals surface area contributed by atoms with Gasteiger partial charge in [0.25, 0.3) is 0 Å². The molecule has 1 atom stereocenters. The maximum absolute atomic E-state index is 12.3. The smallest absolute Gasteiger partial charge is 0.246 e. The minimum absolute atomic E-state index is 0.0377. The predicted molar refractivity (Wildman–Crippen MR) is 160 cm³/mol. The Morgan fingerprint density at radius 1 is 0.975 bits per heavy atom. The molecule has 2 aliphatic rings. The van der Waals surface area contributed by atoms with Crippen LogP contribution in [0.4, 0.5) is 23.1 Å². The van der Waals surface area contributed by atoms with E-state index < -0.39 is 0 Å². The molecule has 6 rings (SSSR count). The van der Waals surface area contributed by atoms with Gasteiger partial charge in [-0.2, -0.15) is 9.97 Å². The molecule has 0 radical (unpaired) electrons. The zero-order chi connectivity index (χ0) is 27.3. The average Bonchev–Trinajstić information content (AvgIpc) is 3.45. The molecule has 0 bridgehead atoms. The molecule has 0 spiro atoms. The van der Waals surface area contributed by atoms with Crippen molar-refractivity contribution in [2.24, 2.45) is 0 Å². The number of benzene rings is 2. The molecule has 0 unspecified atom stereocenters. The van der Waals surface area contributed by atoms with Crippen molar-refractivity contribution >= 4 is 40.2 Å². The molecule has 0 saturated carbocycles. The number of piperidine rings is 2. The summed E-state index contributed by atoms with van der Waals surface area (Å²) in [4.78, 5) is 31.1. The molecule has 2 aromatic heterocycles. The summed E-state index contributed by atoms with van der Waals surface area (Å²) in [6.45, 7) is 7.86. The van der Waals surface area contributed by atoms with E-state index in [4.69, 9.17) is 15.0 Å². The molecule has 2 aliphatic heterocycles. The largest absolute Gasteiger partial charge is 0.372 e. The van der Waals surface area contributed by atoms with Gasteiger partial charge in [-0.05, 0) is 68.0 Å². The Bertz CT molecular complexity index is 1460. The van der Waals surface area contributed by atoms with Gasteiger partial charge in [-0.1, -0.05) is 36.9 Å². The Kier molecular flexibility index (Phi) is 7.61. The van der Waals surface area contributed by atoms with E-state index in [-0.39, 0.29) is 11.9 Å². The molecule has 2 N–H and O–H groups in total. The highest BCUT2D eigenvalue weighted by molar-refractivity contribution is 5.87. The molecule has 4 heterocycles.